The molecule has 0 amide bonds. The van der Waals surface area contributed by atoms with Crippen LogP contribution in [-0.2, 0) is 6.54 Å². The Morgan fingerprint density at radius 1 is 0.857 bits per heavy atom. The molecule has 2 aromatic rings. The van der Waals surface area contributed by atoms with Gasteiger partial charge in [-0.3, -0.25) is 4.98 Å². The fourth-order valence-corrected chi connectivity index (χ4v) is 0.927. The Morgan fingerprint density at radius 3 is 1.71 bits per heavy atom. The van der Waals surface area contributed by atoms with Gasteiger partial charge in [-0.25, -0.2) is 0 Å². The summed E-state index contributed by atoms with van der Waals surface area (Å²) in [5, 5.41) is 0. The summed E-state index contributed by atoms with van der Waals surface area (Å²) >= 11 is 0. The van der Waals surface area contributed by atoms with Crippen LogP contribution in [0.1, 0.15) is 5.56 Å². The van der Waals surface area contributed by atoms with Gasteiger partial charge < -0.3 is 5.73 Å². The summed E-state index contributed by atoms with van der Waals surface area (Å²) in [6.45, 7) is 0.640. The lowest BCUT2D eigenvalue weighted by Crippen LogP contribution is -1.94. The van der Waals surface area contributed by atoms with Gasteiger partial charge in [0.25, 0.3) is 0 Å². The molecule has 0 bridgehead atoms. The highest BCUT2D eigenvalue weighted by Gasteiger charge is 1.80. The lowest BCUT2D eigenvalue weighted by atomic mass is 10.2. The van der Waals surface area contributed by atoms with Gasteiger partial charge in [-0.05, 0) is 17.7 Å². The summed E-state index contributed by atoms with van der Waals surface area (Å²) in [7, 11) is 0. The maximum Gasteiger partial charge on any atom is 0.0267 e. The van der Waals surface area contributed by atoms with E-state index in [1.165, 1.54) is 5.56 Å². The molecule has 0 radical (unpaired) electrons. The topological polar surface area (TPSA) is 38.9 Å². The van der Waals surface area contributed by atoms with E-state index < -0.39 is 0 Å². The number of rotatable bonds is 1. The van der Waals surface area contributed by atoms with E-state index in [1.807, 2.05) is 48.5 Å². The summed E-state index contributed by atoms with van der Waals surface area (Å²) in [5.41, 5.74) is 6.54. The van der Waals surface area contributed by atoms with E-state index in [0.29, 0.717) is 6.54 Å². The van der Waals surface area contributed by atoms with Gasteiger partial charge in [0.05, 0.1) is 0 Å². The predicted molar refractivity (Wildman–Crippen MR) is 58.6 cm³/mol. The Morgan fingerprint density at radius 2 is 1.43 bits per heavy atom. The average Bonchev–Trinajstić information content (AvgIpc) is 2.33. The van der Waals surface area contributed by atoms with Crippen LogP contribution in [0.2, 0.25) is 0 Å². The van der Waals surface area contributed by atoms with E-state index >= 15 is 0 Å². The zero-order chi connectivity index (χ0) is 10.1. The van der Waals surface area contributed by atoms with Crippen molar-refractivity contribution in [1.82, 2.24) is 4.98 Å². The van der Waals surface area contributed by atoms with Gasteiger partial charge in [0.1, 0.15) is 0 Å². The molecule has 0 saturated heterocycles. The third-order valence-electron chi connectivity index (χ3n) is 1.65. The van der Waals surface area contributed by atoms with Gasteiger partial charge in [-0.2, -0.15) is 0 Å². The predicted octanol–water partition coefficient (Wildman–Crippen LogP) is 2.23. The van der Waals surface area contributed by atoms with Crippen LogP contribution < -0.4 is 5.73 Å². The molecule has 0 spiro atoms. The summed E-state index contributed by atoms with van der Waals surface area (Å²) in [6, 6.07) is 15.7. The number of hydrogen-bond donors (Lipinski definition) is 1. The molecule has 1 heterocycles. The molecule has 0 aliphatic rings. The second-order valence-electron chi connectivity index (χ2n) is 2.71. The Labute approximate surface area is 84.4 Å². The van der Waals surface area contributed by atoms with Crippen molar-refractivity contribution in [3.05, 3.63) is 66.5 Å². The van der Waals surface area contributed by atoms with Crippen molar-refractivity contribution in [1.29, 1.82) is 0 Å². The molecular weight excluding hydrogens is 172 g/mol. The first-order chi connectivity index (χ1) is 6.93. The lowest BCUT2D eigenvalue weighted by molar-refractivity contribution is 1.07. The molecule has 72 valence electrons. The zero-order valence-corrected chi connectivity index (χ0v) is 8.01. The number of nitrogens with two attached hydrogens (primary N) is 1. The fraction of sp³-hybridized carbons (Fsp3) is 0.0833. The Balaban J connectivity index is 0.000000146. The largest absolute Gasteiger partial charge is 0.326 e. The first-order valence-electron chi connectivity index (χ1n) is 4.52. The quantitative estimate of drug-likeness (QED) is 0.741. The van der Waals surface area contributed by atoms with Gasteiger partial charge in [0.2, 0.25) is 0 Å². The molecule has 14 heavy (non-hydrogen) atoms. The van der Waals surface area contributed by atoms with Crippen LogP contribution in [0.4, 0.5) is 0 Å². The standard InChI is InChI=1S/C7H9N.C5H5N/c8-6-7-4-2-1-3-5-7;1-2-4-6-5-3-1/h1-5H,6,8H2;1-5H. The molecule has 0 aliphatic heterocycles. The number of aromatic nitrogens is 1. The van der Waals surface area contributed by atoms with E-state index in [2.05, 4.69) is 4.98 Å². The van der Waals surface area contributed by atoms with E-state index in [0.717, 1.165) is 0 Å². The highest BCUT2D eigenvalue weighted by molar-refractivity contribution is 5.13. The highest BCUT2D eigenvalue weighted by Crippen LogP contribution is 1.94. The molecule has 0 atom stereocenters. The minimum absolute atomic E-state index is 0.640. The monoisotopic (exact) mass is 186 g/mol. The number of benzene rings is 1. The van der Waals surface area contributed by atoms with Crippen LogP contribution in [0.25, 0.3) is 0 Å². The number of pyridine rings is 1. The van der Waals surface area contributed by atoms with Crippen LogP contribution in [0.3, 0.4) is 0 Å². The van der Waals surface area contributed by atoms with E-state index in [1.54, 1.807) is 12.4 Å². The average molecular weight is 186 g/mol. The SMILES string of the molecule is NCc1ccccc1.c1ccncc1. The van der Waals surface area contributed by atoms with Crippen LogP contribution in [0.15, 0.2) is 60.9 Å². The second kappa shape index (κ2) is 6.80. The van der Waals surface area contributed by atoms with Crippen molar-refractivity contribution in [2.24, 2.45) is 5.73 Å². The summed E-state index contributed by atoms with van der Waals surface area (Å²) in [5.74, 6) is 0. The van der Waals surface area contributed by atoms with Crippen LogP contribution in [-0.4, -0.2) is 4.98 Å². The fourth-order valence-electron chi connectivity index (χ4n) is 0.927. The molecule has 0 saturated carbocycles. The molecule has 0 unspecified atom stereocenters. The maximum absolute atomic E-state index is 5.35. The Bertz CT molecular complexity index is 292. The number of nitrogens with zero attached hydrogens (tertiary/aromatic N) is 1. The van der Waals surface area contributed by atoms with Crippen molar-refractivity contribution in [3.8, 4) is 0 Å². The molecule has 0 fully saturated rings. The van der Waals surface area contributed by atoms with Crippen LogP contribution in [0.5, 0.6) is 0 Å². The minimum Gasteiger partial charge on any atom is -0.326 e. The summed E-state index contributed by atoms with van der Waals surface area (Å²) < 4.78 is 0. The third-order valence-corrected chi connectivity index (χ3v) is 1.65. The van der Waals surface area contributed by atoms with Crippen molar-refractivity contribution in [2.75, 3.05) is 0 Å². The van der Waals surface area contributed by atoms with Crippen molar-refractivity contribution in [2.45, 2.75) is 6.54 Å². The Hall–Kier alpha value is -1.67. The molecular formula is C12H14N2. The van der Waals surface area contributed by atoms with Gasteiger partial charge in [-0.1, -0.05) is 36.4 Å². The Kier molecular flexibility index (Phi) is 5.06. The second-order valence-corrected chi connectivity index (χ2v) is 2.71. The first-order valence-corrected chi connectivity index (χ1v) is 4.52. The van der Waals surface area contributed by atoms with Crippen LogP contribution in [0, 0.1) is 0 Å². The lowest BCUT2D eigenvalue weighted by Gasteiger charge is -1.90. The van der Waals surface area contributed by atoms with Crippen molar-refractivity contribution < 1.29 is 0 Å². The molecule has 1 aromatic carbocycles. The maximum atomic E-state index is 5.35. The molecule has 0 aliphatic carbocycles. The summed E-state index contributed by atoms with van der Waals surface area (Å²) in [6.07, 6.45) is 3.50. The molecule has 2 nitrogen and oxygen atoms in total. The van der Waals surface area contributed by atoms with E-state index in [9.17, 15) is 0 Å². The smallest absolute Gasteiger partial charge is 0.0267 e. The third kappa shape index (κ3) is 4.38. The molecule has 2 rings (SSSR count). The zero-order valence-electron chi connectivity index (χ0n) is 8.01. The molecule has 2 heteroatoms. The van der Waals surface area contributed by atoms with Gasteiger partial charge >= 0.3 is 0 Å². The van der Waals surface area contributed by atoms with Crippen molar-refractivity contribution >= 4 is 0 Å². The van der Waals surface area contributed by atoms with Crippen LogP contribution >= 0.6 is 0 Å². The normalized spacial score (nSPS) is 8.64. The van der Waals surface area contributed by atoms with Gasteiger partial charge in [0, 0.05) is 18.9 Å². The number of hydrogen-bond acceptors (Lipinski definition) is 2. The van der Waals surface area contributed by atoms with Crippen molar-refractivity contribution in [3.63, 3.8) is 0 Å². The van der Waals surface area contributed by atoms with Gasteiger partial charge in [-0.15, -0.1) is 0 Å². The van der Waals surface area contributed by atoms with Gasteiger partial charge in [0.15, 0.2) is 0 Å². The highest BCUT2D eigenvalue weighted by atomic mass is 14.6. The first kappa shape index (κ1) is 10.4. The molecule has 2 N–H and O–H groups in total. The van der Waals surface area contributed by atoms with E-state index in [-0.39, 0.29) is 0 Å². The molecule has 1 aromatic heterocycles. The minimum atomic E-state index is 0.640. The summed E-state index contributed by atoms with van der Waals surface area (Å²) in [4.78, 5) is 3.78. The van der Waals surface area contributed by atoms with E-state index in [4.69, 9.17) is 5.73 Å².